The summed E-state index contributed by atoms with van der Waals surface area (Å²) in [4.78, 5) is 12.2. The van der Waals surface area contributed by atoms with Crippen LogP contribution in [0.4, 0.5) is 0 Å². The number of amides is 1. The second-order valence-corrected chi connectivity index (χ2v) is 9.41. The number of nitrogens with one attached hydrogen (secondary N) is 1. The molecule has 2 aromatic carbocycles. The van der Waals surface area contributed by atoms with Gasteiger partial charge in [-0.1, -0.05) is 35.3 Å². The maximum absolute atomic E-state index is 12.6. The van der Waals surface area contributed by atoms with E-state index in [2.05, 4.69) is 5.32 Å². The predicted molar refractivity (Wildman–Crippen MR) is 115 cm³/mol. The predicted octanol–water partition coefficient (Wildman–Crippen LogP) is 2.75. The first kappa shape index (κ1) is 22.8. The van der Waals surface area contributed by atoms with Crippen LogP contribution in [0.2, 0.25) is 10.0 Å². The van der Waals surface area contributed by atoms with Crippen LogP contribution in [0.5, 0.6) is 5.75 Å². The van der Waals surface area contributed by atoms with E-state index in [4.69, 9.17) is 32.7 Å². The molecule has 1 aliphatic heterocycles. The summed E-state index contributed by atoms with van der Waals surface area (Å²) in [7, 11) is -3.51. The van der Waals surface area contributed by atoms with Crippen molar-refractivity contribution < 1.29 is 22.7 Å². The molecule has 7 nitrogen and oxygen atoms in total. The largest absolute Gasteiger partial charge is 0.482 e. The Morgan fingerprint density at radius 1 is 1.10 bits per heavy atom. The number of ether oxygens (including phenoxy) is 2. The summed E-state index contributed by atoms with van der Waals surface area (Å²) in [5.41, 5.74) is 0.912. The monoisotopic (exact) mass is 472 g/mol. The molecule has 0 radical (unpaired) electrons. The zero-order valence-corrected chi connectivity index (χ0v) is 18.5. The first-order valence-electron chi connectivity index (χ1n) is 9.37. The third-order valence-electron chi connectivity index (χ3n) is 4.52. The highest BCUT2D eigenvalue weighted by Crippen LogP contribution is 2.27. The third-order valence-corrected chi connectivity index (χ3v) is 6.98. The van der Waals surface area contributed by atoms with Crippen molar-refractivity contribution in [2.45, 2.75) is 11.3 Å². The number of halogens is 2. The van der Waals surface area contributed by atoms with Crippen molar-refractivity contribution in [1.29, 1.82) is 0 Å². The normalized spacial score (nSPS) is 15.0. The molecule has 0 spiro atoms. The van der Waals surface area contributed by atoms with Crippen molar-refractivity contribution in [2.75, 3.05) is 39.5 Å². The van der Waals surface area contributed by atoms with E-state index < -0.39 is 10.0 Å². The van der Waals surface area contributed by atoms with Gasteiger partial charge in [0.25, 0.3) is 5.91 Å². The Morgan fingerprint density at radius 2 is 1.80 bits per heavy atom. The lowest BCUT2D eigenvalue weighted by Crippen LogP contribution is -2.40. The van der Waals surface area contributed by atoms with Crippen molar-refractivity contribution >= 4 is 39.1 Å². The second kappa shape index (κ2) is 10.5. The van der Waals surface area contributed by atoms with Gasteiger partial charge < -0.3 is 14.8 Å². The number of carbonyl (C=O) groups excluding carboxylic acids is 1. The van der Waals surface area contributed by atoms with Gasteiger partial charge in [0.15, 0.2) is 6.61 Å². The van der Waals surface area contributed by atoms with Gasteiger partial charge in [0.2, 0.25) is 10.0 Å². The molecular weight excluding hydrogens is 451 g/mol. The van der Waals surface area contributed by atoms with Crippen LogP contribution < -0.4 is 10.1 Å². The molecule has 2 aromatic rings. The van der Waals surface area contributed by atoms with Gasteiger partial charge in [0.05, 0.1) is 23.1 Å². The van der Waals surface area contributed by atoms with Crippen molar-refractivity contribution in [3.05, 3.63) is 58.1 Å². The van der Waals surface area contributed by atoms with E-state index in [0.717, 1.165) is 5.56 Å². The number of hydrogen-bond acceptors (Lipinski definition) is 5. The summed E-state index contributed by atoms with van der Waals surface area (Å²) in [5, 5.41) is 3.59. The lowest BCUT2D eigenvalue weighted by Gasteiger charge is -2.26. The number of hydrogen-bond donors (Lipinski definition) is 1. The molecule has 1 aliphatic rings. The van der Waals surface area contributed by atoms with E-state index in [1.807, 2.05) is 0 Å². The molecule has 1 heterocycles. The van der Waals surface area contributed by atoms with Gasteiger partial charge >= 0.3 is 0 Å². The van der Waals surface area contributed by atoms with Crippen molar-refractivity contribution in [1.82, 2.24) is 9.62 Å². The van der Waals surface area contributed by atoms with Crippen molar-refractivity contribution in [3.63, 3.8) is 0 Å². The molecule has 1 amide bonds. The van der Waals surface area contributed by atoms with Gasteiger partial charge in [-0.05, 0) is 36.2 Å². The van der Waals surface area contributed by atoms with Crippen LogP contribution in [-0.4, -0.2) is 58.1 Å². The SMILES string of the molecule is O=C(COc1cc(Cl)ccc1Cl)NCCc1ccc(S(=O)(=O)N2CCOCC2)cc1. The number of benzene rings is 2. The van der Waals surface area contributed by atoms with E-state index in [-0.39, 0.29) is 17.4 Å². The highest BCUT2D eigenvalue weighted by molar-refractivity contribution is 7.89. The summed E-state index contributed by atoms with van der Waals surface area (Å²) >= 11 is 11.9. The molecule has 0 aliphatic carbocycles. The fourth-order valence-corrected chi connectivity index (χ4v) is 4.63. The van der Waals surface area contributed by atoms with Gasteiger partial charge in [0.1, 0.15) is 5.75 Å². The summed E-state index contributed by atoms with van der Waals surface area (Å²) in [6.45, 7) is 1.74. The quantitative estimate of drug-likeness (QED) is 0.638. The fourth-order valence-electron chi connectivity index (χ4n) is 2.89. The number of morpholine rings is 1. The van der Waals surface area contributed by atoms with Crippen molar-refractivity contribution in [3.8, 4) is 5.75 Å². The molecule has 0 saturated carbocycles. The number of carbonyl (C=O) groups is 1. The van der Waals surface area contributed by atoms with E-state index >= 15 is 0 Å². The van der Waals surface area contributed by atoms with E-state index in [9.17, 15) is 13.2 Å². The maximum Gasteiger partial charge on any atom is 0.257 e. The van der Waals surface area contributed by atoms with Gasteiger partial charge in [0, 0.05) is 30.7 Å². The molecule has 1 saturated heterocycles. The minimum Gasteiger partial charge on any atom is -0.482 e. The van der Waals surface area contributed by atoms with E-state index in [1.54, 1.807) is 42.5 Å². The fraction of sp³-hybridized carbons (Fsp3) is 0.350. The molecule has 30 heavy (non-hydrogen) atoms. The van der Waals surface area contributed by atoms with Gasteiger partial charge in [-0.25, -0.2) is 8.42 Å². The molecule has 0 aromatic heterocycles. The summed E-state index contributed by atoms with van der Waals surface area (Å²) in [6, 6.07) is 11.5. The minimum atomic E-state index is -3.51. The Morgan fingerprint density at radius 3 is 2.50 bits per heavy atom. The van der Waals surface area contributed by atoms with Crippen LogP contribution >= 0.6 is 23.2 Å². The zero-order valence-electron chi connectivity index (χ0n) is 16.1. The molecule has 162 valence electrons. The van der Waals surface area contributed by atoms with Crippen LogP contribution in [0, 0.1) is 0 Å². The van der Waals surface area contributed by atoms with Gasteiger partial charge in [-0.3, -0.25) is 4.79 Å². The molecule has 1 fully saturated rings. The Kier molecular flexibility index (Phi) is 7.96. The third kappa shape index (κ3) is 6.09. The Labute approximate surface area is 185 Å². The van der Waals surface area contributed by atoms with E-state index in [1.165, 1.54) is 4.31 Å². The molecule has 0 unspecified atom stereocenters. The maximum atomic E-state index is 12.6. The lowest BCUT2D eigenvalue weighted by atomic mass is 10.1. The Hall–Kier alpha value is -1.84. The standard InChI is InChI=1S/C20H22Cl2N2O5S/c21-16-3-6-18(22)19(13-16)29-14-20(25)23-8-7-15-1-4-17(5-2-15)30(26,27)24-9-11-28-12-10-24/h1-6,13H,7-12,14H2,(H,23,25). The smallest absolute Gasteiger partial charge is 0.257 e. The molecular formula is C20H22Cl2N2O5S. The van der Waals surface area contributed by atoms with Crippen LogP contribution in [-0.2, 0) is 26.0 Å². The second-order valence-electron chi connectivity index (χ2n) is 6.62. The molecule has 0 atom stereocenters. The summed E-state index contributed by atoms with van der Waals surface area (Å²) in [6.07, 6.45) is 0.557. The van der Waals surface area contributed by atoms with Gasteiger partial charge in [-0.2, -0.15) is 4.31 Å². The van der Waals surface area contributed by atoms with E-state index in [0.29, 0.717) is 55.1 Å². The molecule has 10 heteroatoms. The minimum absolute atomic E-state index is 0.184. The summed E-state index contributed by atoms with van der Waals surface area (Å²) in [5.74, 6) is 0.0499. The number of nitrogens with zero attached hydrogens (tertiary/aromatic N) is 1. The average Bonchev–Trinajstić information content (AvgIpc) is 2.75. The number of sulfonamides is 1. The van der Waals surface area contributed by atoms with Gasteiger partial charge in [-0.15, -0.1) is 0 Å². The van der Waals surface area contributed by atoms with Crippen LogP contribution in [0.3, 0.4) is 0 Å². The lowest BCUT2D eigenvalue weighted by molar-refractivity contribution is -0.123. The van der Waals surface area contributed by atoms with Crippen molar-refractivity contribution in [2.24, 2.45) is 0 Å². The first-order chi connectivity index (χ1) is 14.4. The molecule has 3 rings (SSSR count). The highest BCUT2D eigenvalue weighted by atomic mass is 35.5. The zero-order chi connectivity index (χ0) is 21.6. The Bertz CT molecular complexity index is 977. The molecule has 1 N–H and O–H groups in total. The highest BCUT2D eigenvalue weighted by Gasteiger charge is 2.26. The van der Waals surface area contributed by atoms with Crippen LogP contribution in [0.1, 0.15) is 5.56 Å². The first-order valence-corrected chi connectivity index (χ1v) is 11.6. The average molecular weight is 473 g/mol. The molecule has 0 bridgehead atoms. The van der Waals surface area contributed by atoms with Crippen LogP contribution in [0.15, 0.2) is 47.4 Å². The topological polar surface area (TPSA) is 84.9 Å². The summed E-state index contributed by atoms with van der Waals surface area (Å²) < 4.78 is 37.3. The number of rotatable bonds is 8. The Balaban J connectivity index is 1.46. The van der Waals surface area contributed by atoms with Crippen LogP contribution in [0.25, 0.3) is 0 Å².